The maximum Gasteiger partial charge on any atom is 0.314 e. The van der Waals surface area contributed by atoms with E-state index >= 15 is 0 Å². The van der Waals surface area contributed by atoms with Gasteiger partial charge in [0.1, 0.15) is 0 Å². The minimum atomic E-state index is -0.422. The van der Waals surface area contributed by atoms with E-state index in [1.807, 2.05) is 0 Å². The molecule has 1 aliphatic carbocycles. The summed E-state index contributed by atoms with van der Waals surface area (Å²) in [6.07, 6.45) is 5.57. The molecule has 0 N–H and O–H groups in total. The molecule has 1 atom stereocenters. The topological polar surface area (TPSA) is 35.5 Å². The molecule has 0 saturated heterocycles. The number of ether oxygens (including phenoxy) is 2. The first kappa shape index (κ1) is 14.5. The lowest BCUT2D eigenvalue weighted by Crippen LogP contribution is -2.43. The number of esters is 1. The Morgan fingerprint density at radius 3 is 2.29 bits per heavy atom. The van der Waals surface area contributed by atoms with Crippen molar-refractivity contribution in [2.24, 2.45) is 17.3 Å². The number of rotatable bonds is 6. The number of carbonyl (C=O) groups is 1. The van der Waals surface area contributed by atoms with Gasteiger partial charge in [0.25, 0.3) is 0 Å². The van der Waals surface area contributed by atoms with Crippen LogP contribution in [0, 0.1) is 17.3 Å². The molecule has 17 heavy (non-hydrogen) atoms. The van der Waals surface area contributed by atoms with Crippen LogP contribution >= 0.6 is 0 Å². The molecule has 1 saturated carbocycles. The minimum Gasteiger partial charge on any atom is -0.469 e. The zero-order valence-electron chi connectivity index (χ0n) is 11.6. The van der Waals surface area contributed by atoms with Gasteiger partial charge in [-0.2, -0.15) is 0 Å². The van der Waals surface area contributed by atoms with Crippen molar-refractivity contribution in [3.63, 3.8) is 0 Å². The number of hydrogen-bond donors (Lipinski definition) is 0. The second kappa shape index (κ2) is 6.39. The summed E-state index contributed by atoms with van der Waals surface area (Å²) in [4.78, 5) is 12.2. The van der Waals surface area contributed by atoms with E-state index in [4.69, 9.17) is 9.47 Å². The summed E-state index contributed by atoms with van der Waals surface area (Å²) in [5.74, 6) is 0.821. The predicted octanol–water partition coefficient (Wildman–Crippen LogP) is 3.03. The molecule has 1 aliphatic rings. The Hall–Kier alpha value is -0.570. The molecule has 0 heterocycles. The van der Waals surface area contributed by atoms with Crippen molar-refractivity contribution < 1.29 is 14.3 Å². The summed E-state index contributed by atoms with van der Waals surface area (Å²) >= 11 is 0. The van der Waals surface area contributed by atoms with Gasteiger partial charge in [0, 0.05) is 7.11 Å². The summed E-state index contributed by atoms with van der Waals surface area (Å²) in [6, 6.07) is 0. The fraction of sp³-hybridized carbons (Fsp3) is 0.929. The highest BCUT2D eigenvalue weighted by atomic mass is 16.5. The summed E-state index contributed by atoms with van der Waals surface area (Å²) in [5.41, 5.74) is -0.422. The first-order valence-corrected chi connectivity index (χ1v) is 6.64. The van der Waals surface area contributed by atoms with E-state index in [9.17, 15) is 4.79 Å². The first-order valence-electron chi connectivity index (χ1n) is 6.64. The summed E-state index contributed by atoms with van der Waals surface area (Å²) in [5, 5.41) is 0. The lowest BCUT2D eigenvalue weighted by atomic mass is 9.70. The van der Waals surface area contributed by atoms with Gasteiger partial charge in [-0.3, -0.25) is 4.79 Å². The van der Waals surface area contributed by atoms with Gasteiger partial charge in [-0.05, 0) is 31.1 Å². The van der Waals surface area contributed by atoms with Crippen molar-refractivity contribution in [2.75, 3.05) is 20.8 Å². The Kier molecular flexibility index (Phi) is 5.44. The van der Waals surface area contributed by atoms with Crippen molar-refractivity contribution in [1.82, 2.24) is 0 Å². The SMILES string of the molecule is COCC(CC(C)C)(C(=O)OC)C1CCCC1. The van der Waals surface area contributed by atoms with Crippen LogP contribution in [0.2, 0.25) is 0 Å². The van der Waals surface area contributed by atoms with Crippen LogP contribution in [0.1, 0.15) is 46.0 Å². The van der Waals surface area contributed by atoms with Gasteiger partial charge in [-0.25, -0.2) is 0 Å². The van der Waals surface area contributed by atoms with E-state index < -0.39 is 5.41 Å². The van der Waals surface area contributed by atoms with E-state index in [-0.39, 0.29) is 5.97 Å². The molecule has 0 bridgehead atoms. The third kappa shape index (κ3) is 3.21. The van der Waals surface area contributed by atoms with Crippen LogP contribution < -0.4 is 0 Å². The maximum absolute atomic E-state index is 12.2. The van der Waals surface area contributed by atoms with Crippen LogP contribution in [0.3, 0.4) is 0 Å². The van der Waals surface area contributed by atoms with Gasteiger partial charge in [0.2, 0.25) is 0 Å². The van der Waals surface area contributed by atoms with Crippen LogP contribution in [0.25, 0.3) is 0 Å². The molecule has 0 spiro atoms. The van der Waals surface area contributed by atoms with E-state index in [2.05, 4.69) is 13.8 Å². The highest BCUT2D eigenvalue weighted by Crippen LogP contribution is 2.45. The largest absolute Gasteiger partial charge is 0.469 e. The first-order chi connectivity index (χ1) is 8.06. The number of hydrogen-bond acceptors (Lipinski definition) is 3. The Bertz CT molecular complexity index is 244. The van der Waals surface area contributed by atoms with Crippen LogP contribution in [0.4, 0.5) is 0 Å². The fourth-order valence-electron chi connectivity index (χ4n) is 3.32. The van der Waals surface area contributed by atoms with E-state index in [0.717, 1.165) is 19.3 Å². The predicted molar refractivity (Wildman–Crippen MR) is 67.7 cm³/mol. The standard InChI is InChI=1S/C14H26O3/c1-11(2)9-14(10-16-3,13(15)17-4)12-7-5-6-8-12/h11-12H,5-10H2,1-4H3. The van der Waals surface area contributed by atoms with Crippen molar-refractivity contribution in [3.8, 4) is 0 Å². The highest BCUT2D eigenvalue weighted by molar-refractivity contribution is 5.77. The number of methoxy groups -OCH3 is 2. The molecule has 3 heteroatoms. The second-order valence-corrected chi connectivity index (χ2v) is 5.66. The third-order valence-electron chi connectivity index (χ3n) is 3.90. The van der Waals surface area contributed by atoms with Gasteiger partial charge in [-0.15, -0.1) is 0 Å². The molecule has 0 aliphatic heterocycles. The second-order valence-electron chi connectivity index (χ2n) is 5.66. The Morgan fingerprint density at radius 2 is 1.88 bits per heavy atom. The van der Waals surface area contributed by atoms with Gasteiger partial charge < -0.3 is 9.47 Å². The molecular weight excluding hydrogens is 216 g/mol. The molecule has 0 aromatic heterocycles. The number of carbonyl (C=O) groups excluding carboxylic acids is 1. The molecule has 100 valence electrons. The Balaban J connectivity index is 2.95. The average Bonchev–Trinajstić information content (AvgIpc) is 2.80. The summed E-state index contributed by atoms with van der Waals surface area (Å²) in [7, 11) is 3.16. The molecule has 0 aromatic carbocycles. The minimum absolute atomic E-state index is 0.0834. The van der Waals surface area contributed by atoms with E-state index in [1.54, 1.807) is 7.11 Å². The maximum atomic E-state index is 12.2. The quantitative estimate of drug-likeness (QED) is 0.672. The third-order valence-corrected chi connectivity index (χ3v) is 3.90. The van der Waals surface area contributed by atoms with Crippen LogP contribution in [0.15, 0.2) is 0 Å². The molecule has 0 aromatic rings. The highest BCUT2D eigenvalue weighted by Gasteiger charge is 2.47. The zero-order chi connectivity index (χ0) is 12.9. The monoisotopic (exact) mass is 242 g/mol. The molecule has 1 unspecified atom stereocenters. The molecule has 1 rings (SSSR count). The Labute approximate surface area is 105 Å². The van der Waals surface area contributed by atoms with Crippen molar-refractivity contribution in [1.29, 1.82) is 0 Å². The summed E-state index contributed by atoms with van der Waals surface area (Å²) < 4.78 is 10.4. The van der Waals surface area contributed by atoms with Crippen LogP contribution in [-0.4, -0.2) is 26.8 Å². The van der Waals surface area contributed by atoms with Gasteiger partial charge in [-0.1, -0.05) is 26.7 Å². The van der Waals surface area contributed by atoms with Gasteiger partial charge >= 0.3 is 5.97 Å². The lowest BCUT2D eigenvalue weighted by molar-refractivity contribution is -0.162. The zero-order valence-corrected chi connectivity index (χ0v) is 11.6. The average molecular weight is 242 g/mol. The van der Waals surface area contributed by atoms with Gasteiger partial charge in [0.05, 0.1) is 19.1 Å². The van der Waals surface area contributed by atoms with Crippen LogP contribution in [0.5, 0.6) is 0 Å². The van der Waals surface area contributed by atoms with Crippen molar-refractivity contribution >= 4 is 5.97 Å². The molecule has 0 radical (unpaired) electrons. The van der Waals surface area contributed by atoms with Crippen LogP contribution in [-0.2, 0) is 14.3 Å². The molecule has 1 fully saturated rings. The molecule has 3 nitrogen and oxygen atoms in total. The van der Waals surface area contributed by atoms with Gasteiger partial charge in [0.15, 0.2) is 0 Å². The van der Waals surface area contributed by atoms with E-state index in [1.165, 1.54) is 20.0 Å². The summed E-state index contributed by atoms with van der Waals surface area (Å²) in [6.45, 7) is 4.80. The Morgan fingerprint density at radius 1 is 1.29 bits per heavy atom. The molecule has 0 amide bonds. The lowest BCUT2D eigenvalue weighted by Gasteiger charge is -2.37. The fourth-order valence-corrected chi connectivity index (χ4v) is 3.32. The van der Waals surface area contributed by atoms with Crippen molar-refractivity contribution in [2.45, 2.75) is 46.0 Å². The van der Waals surface area contributed by atoms with Crippen molar-refractivity contribution in [3.05, 3.63) is 0 Å². The normalized spacial score (nSPS) is 20.5. The molecular formula is C14H26O3. The smallest absolute Gasteiger partial charge is 0.314 e. The van der Waals surface area contributed by atoms with E-state index in [0.29, 0.717) is 18.4 Å².